The van der Waals surface area contributed by atoms with E-state index in [4.69, 9.17) is 0 Å². The Morgan fingerprint density at radius 3 is 2.79 bits per heavy atom. The van der Waals surface area contributed by atoms with Gasteiger partial charge in [0.05, 0.1) is 5.69 Å². The smallest absolute Gasteiger partial charge is 0.155 e. The number of hydrogen-bond acceptors (Lipinski definition) is 4. The van der Waals surface area contributed by atoms with Crippen molar-refractivity contribution in [3.05, 3.63) is 30.5 Å². The maximum absolute atomic E-state index is 4.43. The summed E-state index contributed by atoms with van der Waals surface area (Å²) in [6.45, 7) is 1.99. The first kappa shape index (κ1) is 9.21. The first-order chi connectivity index (χ1) is 6.81. The van der Waals surface area contributed by atoms with Gasteiger partial charge in [0.1, 0.15) is 12.7 Å². The van der Waals surface area contributed by atoms with E-state index in [-0.39, 0.29) is 0 Å². The van der Waals surface area contributed by atoms with E-state index in [0.717, 1.165) is 11.5 Å². The first-order valence-corrected chi connectivity index (χ1v) is 5.40. The molecule has 2 aromatic heterocycles. The van der Waals surface area contributed by atoms with Gasteiger partial charge in [0, 0.05) is 4.90 Å². The van der Waals surface area contributed by atoms with Crippen LogP contribution in [-0.4, -0.2) is 26.0 Å². The van der Waals surface area contributed by atoms with Gasteiger partial charge in [-0.1, -0.05) is 0 Å². The molecular weight excluding hydrogens is 196 g/mol. The highest BCUT2D eigenvalue weighted by Crippen LogP contribution is 2.18. The van der Waals surface area contributed by atoms with Crippen molar-refractivity contribution in [3.8, 4) is 5.82 Å². The van der Waals surface area contributed by atoms with Crippen LogP contribution in [-0.2, 0) is 0 Å². The lowest BCUT2D eigenvalue weighted by atomic mass is 10.4. The fourth-order valence-electron chi connectivity index (χ4n) is 1.20. The number of aromatic nitrogens is 4. The lowest BCUT2D eigenvalue weighted by Gasteiger charge is -2.04. The number of pyridine rings is 1. The summed E-state index contributed by atoms with van der Waals surface area (Å²) in [5.74, 6) is 0.804. The minimum absolute atomic E-state index is 0.804. The number of nitrogens with zero attached hydrogens (tertiary/aromatic N) is 4. The summed E-state index contributed by atoms with van der Waals surface area (Å²) < 4.78 is 1.65. The first-order valence-electron chi connectivity index (χ1n) is 4.18. The van der Waals surface area contributed by atoms with Crippen molar-refractivity contribution in [1.82, 2.24) is 19.7 Å². The van der Waals surface area contributed by atoms with Crippen LogP contribution in [0.15, 0.2) is 29.7 Å². The molecule has 0 radical (unpaired) electrons. The van der Waals surface area contributed by atoms with Crippen LogP contribution in [0.4, 0.5) is 0 Å². The van der Waals surface area contributed by atoms with Crippen molar-refractivity contribution >= 4 is 11.8 Å². The summed E-state index contributed by atoms with van der Waals surface area (Å²) in [6.07, 6.45) is 5.18. The molecule has 2 aromatic rings. The van der Waals surface area contributed by atoms with Gasteiger partial charge in [0.2, 0.25) is 0 Å². The molecule has 5 heteroatoms. The predicted octanol–water partition coefficient (Wildman–Crippen LogP) is 1.69. The van der Waals surface area contributed by atoms with Crippen molar-refractivity contribution in [2.24, 2.45) is 0 Å². The zero-order chi connectivity index (χ0) is 9.97. The van der Waals surface area contributed by atoms with Gasteiger partial charge in [-0.3, -0.25) is 0 Å². The minimum atomic E-state index is 0.804. The van der Waals surface area contributed by atoms with Crippen molar-refractivity contribution in [2.45, 2.75) is 11.8 Å². The maximum atomic E-state index is 4.43. The molecule has 0 spiro atoms. The van der Waals surface area contributed by atoms with E-state index in [1.165, 1.54) is 11.2 Å². The van der Waals surface area contributed by atoms with E-state index in [1.807, 2.05) is 25.3 Å². The monoisotopic (exact) mass is 206 g/mol. The van der Waals surface area contributed by atoms with Crippen LogP contribution in [0.1, 0.15) is 5.69 Å². The molecule has 0 aromatic carbocycles. The standard InChI is InChI=1S/C9H10N4S/c1-7-8(14-2)3-4-9(12-7)13-6-10-5-11-13/h3-6H,1-2H3. The van der Waals surface area contributed by atoms with Gasteiger partial charge in [-0.15, -0.1) is 11.8 Å². The van der Waals surface area contributed by atoms with E-state index in [1.54, 1.807) is 22.8 Å². The zero-order valence-corrected chi connectivity index (χ0v) is 8.82. The molecule has 0 unspecified atom stereocenters. The molecule has 0 aliphatic carbocycles. The summed E-state index contributed by atoms with van der Waals surface area (Å²) in [5, 5.41) is 4.02. The largest absolute Gasteiger partial charge is 0.233 e. The molecule has 0 atom stereocenters. The molecule has 0 saturated heterocycles. The summed E-state index contributed by atoms with van der Waals surface area (Å²) >= 11 is 1.69. The van der Waals surface area contributed by atoms with Gasteiger partial charge >= 0.3 is 0 Å². The number of thioether (sulfide) groups is 1. The number of aryl methyl sites for hydroxylation is 1. The van der Waals surface area contributed by atoms with Crippen LogP contribution in [0, 0.1) is 6.92 Å². The Kier molecular flexibility index (Phi) is 2.49. The van der Waals surface area contributed by atoms with E-state index in [2.05, 4.69) is 15.1 Å². The lowest BCUT2D eigenvalue weighted by molar-refractivity contribution is 0.833. The molecule has 0 N–H and O–H groups in total. The van der Waals surface area contributed by atoms with Gasteiger partial charge in [-0.25, -0.2) is 14.6 Å². The Labute approximate surface area is 86.4 Å². The maximum Gasteiger partial charge on any atom is 0.155 e. The molecule has 0 aliphatic heterocycles. The van der Waals surface area contributed by atoms with Gasteiger partial charge in [0.25, 0.3) is 0 Å². The summed E-state index contributed by atoms with van der Waals surface area (Å²) in [6, 6.07) is 3.98. The highest BCUT2D eigenvalue weighted by molar-refractivity contribution is 7.98. The van der Waals surface area contributed by atoms with Crippen LogP contribution in [0.25, 0.3) is 5.82 Å². The SMILES string of the molecule is CSc1ccc(-n2cncn2)nc1C. The Morgan fingerprint density at radius 1 is 1.36 bits per heavy atom. The fraction of sp³-hybridized carbons (Fsp3) is 0.222. The molecule has 14 heavy (non-hydrogen) atoms. The van der Waals surface area contributed by atoms with Crippen LogP contribution >= 0.6 is 11.8 Å². The van der Waals surface area contributed by atoms with Gasteiger partial charge in [-0.2, -0.15) is 5.10 Å². The molecule has 4 nitrogen and oxygen atoms in total. The van der Waals surface area contributed by atoms with Gasteiger partial charge < -0.3 is 0 Å². The van der Waals surface area contributed by atoms with Crippen LogP contribution in [0.5, 0.6) is 0 Å². The van der Waals surface area contributed by atoms with E-state index >= 15 is 0 Å². The Balaban J connectivity index is 2.43. The molecule has 2 heterocycles. The summed E-state index contributed by atoms with van der Waals surface area (Å²) in [4.78, 5) is 9.49. The lowest BCUT2D eigenvalue weighted by Crippen LogP contribution is -1.99. The molecule has 2 rings (SSSR count). The third-order valence-corrected chi connectivity index (χ3v) is 2.77. The van der Waals surface area contributed by atoms with Crippen molar-refractivity contribution in [1.29, 1.82) is 0 Å². The average Bonchev–Trinajstić information content (AvgIpc) is 2.70. The second-order valence-electron chi connectivity index (χ2n) is 2.80. The van der Waals surface area contributed by atoms with Crippen molar-refractivity contribution in [2.75, 3.05) is 6.26 Å². The fourth-order valence-corrected chi connectivity index (χ4v) is 1.75. The quantitative estimate of drug-likeness (QED) is 0.701. The van der Waals surface area contributed by atoms with Crippen molar-refractivity contribution in [3.63, 3.8) is 0 Å². The highest BCUT2D eigenvalue weighted by atomic mass is 32.2. The molecule has 0 saturated carbocycles. The highest BCUT2D eigenvalue weighted by Gasteiger charge is 2.02. The average molecular weight is 206 g/mol. The van der Waals surface area contributed by atoms with E-state index in [0.29, 0.717) is 0 Å². The third-order valence-electron chi connectivity index (χ3n) is 1.90. The second-order valence-corrected chi connectivity index (χ2v) is 3.65. The normalized spacial score (nSPS) is 10.4. The number of hydrogen-bond donors (Lipinski definition) is 0. The van der Waals surface area contributed by atoms with Crippen molar-refractivity contribution < 1.29 is 0 Å². The molecule has 0 amide bonds. The predicted molar refractivity (Wildman–Crippen MR) is 55.7 cm³/mol. The second kappa shape index (κ2) is 3.79. The minimum Gasteiger partial charge on any atom is -0.233 e. The molecule has 0 bridgehead atoms. The summed E-state index contributed by atoms with van der Waals surface area (Å²) in [5.41, 5.74) is 1.02. The zero-order valence-electron chi connectivity index (χ0n) is 8.01. The molecular formula is C9H10N4S. The molecule has 72 valence electrons. The van der Waals surface area contributed by atoms with Gasteiger partial charge in [-0.05, 0) is 25.3 Å². The summed E-state index contributed by atoms with van der Waals surface area (Å²) in [7, 11) is 0. The van der Waals surface area contributed by atoms with Crippen LogP contribution < -0.4 is 0 Å². The topological polar surface area (TPSA) is 43.6 Å². The van der Waals surface area contributed by atoms with Gasteiger partial charge in [0.15, 0.2) is 5.82 Å². The Bertz CT molecular complexity index is 424. The van der Waals surface area contributed by atoms with Crippen LogP contribution in [0.3, 0.4) is 0 Å². The number of rotatable bonds is 2. The Morgan fingerprint density at radius 2 is 2.21 bits per heavy atom. The molecule has 0 fully saturated rings. The molecule has 0 aliphatic rings. The third kappa shape index (κ3) is 1.63. The van der Waals surface area contributed by atoms with Crippen LogP contribution in [0.2, 0.25) is 0 Å². The van der Waals surface area contributed by atoms with E-state index < -0.39 is 0 Å². The Hall–Kier alpha value is -1.36. The van der Waals surface area contributed by atoms with E-state index in [9.17, 15) is 0 Å².